The van der Waals surface area contributed by atoms with E-state index in [1.54, 1.807) is 26.8 Å². The van der Waals surface area contributed by atoms with E-state index in [9.17, 15) is 14.4 Å². The second-order valence-electron chi connectivity index (χ2n) is 10.8. The first-order chi connectivity index (χ1) is 17.5. The normalized spacial score (nSPS) is 17.8. The van der Waals surface area contributed by atoms with E-state index in [-0.39, 0.29) is 36.8 Å². The van der Waals surface area contributed by atoms with E-state index in [0.717, 1.165) is 5.56 Å². The van der Waals surface area contributed by atoms with Crippen LogP contribution in [0, 0.1) is 0 Å². The molecule has 1 aliphatic heterocycles. The molecule has 2 aromatic rings. The van der Waals surface area contributed by atoms with Crippen LogP contribution < -0.4 is 5.32 Å². The van der Waals surface area contributed by atoms with E-state index in [1.165, 1.54) is 18.0 Å². The number of Topliss-reactive ketones (excluding diaryl/α,β-unsaturated/α-hetero) is 1. The number of carbonyl (C=O) groups excluding carboxylic acids is 3. The zero-order valence-electron chi connectivity index (χ0n) is 22.3. The number of carbonyl (C=O) groups is 3. The van der Waals surface area contributed by atoms with E-state index in [0.29, 0.717) is 49.9 Å². The highest BCUT2D eigenvalue weighted by Crippen LogP contribution is 2.31. The average Bonchev–Trinajstić information content (AvgIpc) is 2.85. The molecule has 1 fully saturated rings. The largest absolute Gasteiger partial charge is 0.444 e. The van der Waals surface area contributed by atoms with Crippen molar-refractivity contribution in [2.24, 2.45) is 0 Å². The summed E-state index contributed by atoms with van der Waals surface area (Å²) in [5.41, 5.74) is 0.199. The minimum absolute atomic E-state index is 0.0125. The van der Waals surface area contributed by atoms with Crippen molar-refractivity contribution in [1.29, 1.82) is 0 Å². The predicted octanol–water partition coefficient (Wildman–Crippen LogP) is 5.51. The zero-order valence-corrected chi connectivity index (χ0v) is 22.3. The molecule has 1 atom stereocenters. The van der Waals surface area contributed by atoms with Crippen LogP contribution in [0.25, 0.3) is 0 Å². The number of likely N-dealkylation sites (tertiary alicyclic amines) is 1. The molecular weight excluding hydrogens is 473 g/mol. The maximum atomic E-state index is 15.5. The number of piperidine rings is 1. The number of rotatable bonds is 9. The molecule has 1 N–H and O–H groups in total. The molecule has 1 aliphatic rings. The number of halogens is 1. The van der Waals surface area contributed by atoms with Crippen LogP contribution in [0.15, 0.2) is 42.5 Å². The van der Waals surface area contributed by atoms with Gasteiger partial charge in [0.05, 0.1) is 6.54 Å². The van der Waals surface area contributed by atoms with Gasteiger partial charge in [-0.25, -0.2) is 14.2 Å². The third-order valence-electron chi connectivity index (χ3n) is 6.35. The van der Waals surface area contributed by atoms with Gasteiger partial charge in [-0.05, 0) is 70.6 Å². The number of ether oxygens (including phenoxy) is 1. The van der Waals surface area contributed by atoms with Crippen LogP contribution in [-0.2, 0) is 11.2 Å². The fourth-order valence-electron chi connectivity index (χ4n) is 4.53. The average molecular weight is 512 g/mol. The molecule has 1 aromatic heterocycles. The van der Waals surface area contributed by atoms with Crippen LogP contribution in [0.1, 0.15) is 91.4 Å². The number of unbranched alkanes of at least 4 members (excludes halogenated alkanes) is 1. The maximum Gasteiger partial charge on any atom is 0.410 e. The summed E-state index contributed by atoms with van der Waals surface area (Å²) < 4.78 is 20.9. The van der Waals surface area contributed by atoms with Gasteiger partial charge >= 0.3 is 6.09 Å². The van der Waals surface area contributed by atoms with Gasteiger partial charge in [0.1, 0.15) is 17.0 Å². The van der Waals surface area contributed by atoms with Crippen molar-refractivity contribution in [2.75, 3.05) is 20.1 Å². The molecule has 0 aliphatic carbocycles. The van der Waals surface area contributed by atoms with Gasteiger partial charge in [-0.1, -0.05) is 30.3 Å². The Balaban J connectivity index is 1.58. The van der Waals surface area contributed by atoms with Crippen molar-refractivity contribution >= 4 is 17.8 Å². The molecule has 0 saturated carbocycles. The fourth-order valence-corrected chi connectivity index (χ4v) is 4.53. The van der Waals surface area contributed by atoms with Crippen LogP contribution in [0.2, 0.25) is 0 Å². The van der Waals surface area contributed by atoms with E-state index in [1.807, 2.05) is 30.3 Å². The van der Waals surface area contributed by atoms with Crippen molar-refractivity contribution in [3.05, 3.63) is 65.0 Å². The lowest BCUT2D eigenvalue weighted by molar-refractivity contribution is -0.00817. The molecular formula is C29H38FN3O4. The highest BCUT2D eigenvalue weighted by atomic mass is 19.1. The smallest absolute Gasteiger partial charge is 0.410 e. The van der Waals surface area contributed by atoms with E-state index in [4.69, 9.17) is 4.74 Å². The van der Waals surface area contributed by atoms with Crippen molar-refractivity contribution in [3.63, 3.8) is 0 Å². The number of hydrogen-bond donors (Lipinski definition) is 1. The summed E-state index contributed by atoms with van der Waals surface area (Å²) in [5, 5.41) is 2.56. The minimum atomic E-state index is -1.48. The second kappa shape index (κ2) is 12.3. The van der Waals surface area contributed by atoms with Crippen LogP contribution in [0.5, 0.6) is 0 Å². The van der Waals surface area contributed by atoms with Crippen molar-refractivity contribution in [2.45, 2.75) is 77.0 Å². The maximum absolute atomic E-state index is 15.5. The Bertz CT molecular complexity index is 1100. The molecule has 1 saturated heterocycles. The topological polar surface area (TPSA) is 88.6 Å². The number of alkyl halides is 1. The molecule has 37 heavy (non-hydrogen) atoms. The Morgan fingerprint density at radius 2 is 1.86 bits per heavy atom. The number of ketones is 1. The number of benzene rings is 1. The van der Waals surface area contributed by atoms with Crippen LogP contribution in [0.3, 0.4) is 0 Å². The van der Waals surface area contributed by atoms with Gasteiger partial charge in [-0.3, -0.25) is 9.59 Å². The van der Waals surface area contributed by atoms with E-state index < -0.39 is 17.4 Å². The van der Waals surface area contributed by atoms with Crippen LogP contribution >= 0.6 is 0 Å². The molecule has 0 bridgehead atoms. The molecule has 3 rings (SSSR count). The summed E-state index contributed by atoms with van der Waals surface area (Å²) in [4.78, 5) is 43.5. The first kappa shape index (κ1) is 28.3. The zero-order chi connectivity index (χ0) is 27.1. The summed E-state index contributed by atoms with van der Waals surface area (Å²) in [6.07, 6.45) is 2.55. The quantitative estimate of drug-likeness (QED) is 0.354. The molecule has 200 valence electrons. The Morgan fingerprint density at radius 1 is 1.14 bits per heavy atom. The summed E-state index contributed by atoms with van der Waals surface area (Å²) in [6.45, 7) is 5.87. The highest BCUT2D eigenvalue weighted by molar-refractivity contribution is 5.99. The van der Waals surface area contributed by atoms with Crippen LogP contribution in [0.4, 0.5) is 9.18 Å². The first-order valence-electron chi connectivity index (χ1n) is 12.9. The molecule has 1 aromatic carbocycles. The molecule has 2 heterocycles. The molecule has 0 radical (unpaired) electrons. The summed E-state index contributed by atoms with van der Waals surface area (Å²) in [7, 11) is 1.53. The first-order valence-corrected chi connectivity index (χ1v) is 12.9. The van der Waals surface area contributed by atoms with Gasteiger partial charge in [0.2, 0.25) is 0 Å². The lowest BCUT2D eigenvalue weighted by Gasteiger charge is -2.38. The highest BCUT2D eigenvalue weighted by Gasteiger charge is 2.38. The van der Waals surface area contributed by atoms with Gasteiger partial charge in [-0.15, -0.1) is 0 Å². The molecule has 7 nitrogen and oxygen atoms in total. The van der Waals surface area contributed by atoms with Gasteiger partial charge in [0, 0.05) is 37.7 Å². The Kier molecular flexibility index (Phi) is 9.40. The second-order valence-corrected chi connectivity index (χ2v) is 10.8. The Morgan fingerprint density at radius 3 is 2.54 bits per heavy atom. The monoisotopic (exact) mass is 511 g/mol. The minimum Gasteiger partial charge on any atom is -0.444 e. The van der Waals surface area contributed by atoms with E-state index >= 15 is 4.39 Å². The number of amides is 2. The van der Waals surface area contributed by atoms with E-state index in [2.05, 4.69) is 10.3 Å². The summed E-state index contributed by atoms with van der Waals surface area (Å²) in [5.74, 6) is -0.455. The van der Waals surface area contributed by atoms with Crippen molar-refractivity contribution in [3.8, 4) is 0 Å². The molecule has 1 unspecified atom stereocenters. The summed E-state index contributed by atoms with van der Waals surface area (Å²) >= 11 is 0. The number of hydrogen-bond acceptors (Lipinski definition) is 5. The van der Waals surface area contributed by atoms with Gasteiger partial charge in [-0.2, -0.15) is 0 Å². The predicted molar refractivity (Wildman–Crippen MR) is 141 cm³/mol. The van der Waals surface area contributed by atoms with Crippen LogP contribution in [-0.4, -0.2) is 59.1 Å². The fraction of sp³-hybridized carbons (Fsp3) is 0.517. The molecule has 2 amide bonds. The lowest BCUT2D eigenvalue weighted by atomic mass is 9.89. The summed E-state index contributed by atoms with van der Waals surface area (Å²) in [6, 6.07) is 13.0. The lowest BCUT2D eigenvalue weighted by Crippen LogP contribution is -2.49. The van der Waals surface area contributed by atoms with Gasteiger partial charge in [0.15, 0.2) is 5.78 Å². The standard InChI is InChI=1S/C29H38FN3O4/c1-28(2,3)37-27(36)33-16-10-15-29(30,20-33)14-9-8-13-25(34)22-18-23(17-21-11-6-5-7-12-21)32-24(19-22)26(35)31-4/h5-7,11-12,18-19H,8-10,13-17,20H2,1-4H3,(H,31,35). The van der Waals surface area contributed by atoms with Gasteiger partial charge in [0.25, 0.3) is 5.91 Å². The number of aromatic nitrogens is 1. The number of pyridine rings is 1. The Hall–Kier alpha value is -3.29. The molecule has 0 spiro atoms. The number of nitrogens with one attached hydrogen (secondary N) is 1. The number of nitrogens with zero attached hydrogens (tertiary/aromatic N) is 2. The molecule has 8 heteroatoms. The van der Waals surface area contributed by atoms with Crippen molar-refractivity contribution in [1.82, 2.24) is 15.2 Å². The van der Waals surface area contributed by atoms with Gasteiger partial charge < -0.3 is 15.0 Å². The SMILES string of the molecule is CNC(=O)c1cc(C(=O)CCCCC2(F)CCCN(C(=O)OC(C)(C)C)C2)cc(Cc2ccccc2)n1. The third-order valence-corrected chi connectivity index (χ3v) is 6.35. The Labute approximate surface area is 218 Å². The third kappa shape index (κ3) is 8.65. The van der Waals surface area contributed by atoms with Crippen molar-refractivity contribution < 1.29 is 23.5 Å².